The van der Waals surface area contributed by atoms with E-state index in [9.17, 15) is 0 Å². The van der Waals surface area contributed by atoms with Gasteiger partial charge in [-0.1, -0.05) is 23.8 Å². The van der Waals surface area contributed by atoms with Gasteiger partial charge in [0.25, 0.3) is 0 Å². The first-order chi connectivity index (χ1) is 6.36. The lowest BCUT2D eigenvalue weighted by molar-refractivity contribution is 0.493. The average molecular weight is 196 g/mol. The van der Waals surface area contributed by atoms with E-state index >= 15 is 0 Å². The van der Waals surface area contributed by atoms with Crippen molar-refractivity contribution in [2.24, 2.45) is 10.9 Å². The minimum atomic E-state index is 0.643. The summed E-state index contributed by atoms with van der Waals surface area (Å²) in [7, 11) is 0. The largest absolute Gasteiger partial charge is 0.273 e. The highest BCUT2D eigenvalue weighted by Gasteiger charge is 2.16. The predicted octanol–water partition coefficient (Wildman–Crippen LogP) is 3.31. The molecule has 1 aliphatic heterocycles. The van der Waals surface area contributed by atoms with E-state index < -0.39 is 0 Å². The lowest BCUT2D eigenvalue weighted by Crippen LogP contribution is -2.10. The zero-order chi connectivity index (χ0) is 9.10. The first-order valence-electron chi connectivity index (χ1n) is 4.94. The molecule has 13 heavy (non-hydrogen) atoms. The summed E-state index contributed by atoms with van der Waals surface area (Å²) >= 11 is 5.86. The van der Waals surface area contributed by atoms with E-state index in [1.165, 1.54) is 24.8 Å². The topological polar surface area (TPSA) is 12.4 Å². The molecule has 0 aromatic carbocycles. The van der Waals surface area contributed by atoms with Crippen molar-refractivity contribution in [1.29, 1.82) is 0 Å². The highest BCUT2D eigenvalue weighted by Crippen LogP contribution is 2.29. The maximum absolute atomic E-state index is 5.86. The number of fused-ring (bicyclic) bond motifs is 1. The Balaban J connectivity index is 2.20. The number of hydrogen-bond acceptors (Lipinski definition) is 1. The summed E-state index contributed by atoms with van der Waals surface area (Å²) < 4.78 is 0. The molecule has 0 spiro atoms. The van der Waals surface area contributed by atoms with Gasteiger partial charge in [-0.15, -0.1) is 0 Å². The molecule has 2 heteroatoms. The smallest absolute Gasteiger partial charge is 0.123 e. The van der Waals surface area contributed by atoms with Gasteiger partial charge in [-0.25, -0.2) is 0 Å². The summed E-state index contributed by atoms with van der Waals surface area (Å²) in [5, 5.41) is 0.643. The molecule has 2 rings (SSSR count). The van der Waals surface area contributed by atoms with Gasteiger partial charge in [0.05, 0.1) is 0 Å². The number of aliphatic imine (C=N–C) groups is 1. The van der Waals surface area contributed by atoms with E-state index in [0.717, 1.165) is 18.9 Å². The third-order valence-corrected chi connectivity index (χ3v) is 3.01. The van der Waals surface area contributed by atoms with E-state index in [1.807, 2.05) is 6.08 Å². The second kappa shape index (κ2) is 4.10. The standard InChI is InChI=1S/C11H14ClN/c12-11-6-5-9-3-1-2-4-10(9)7-8-13-11/h3,5-6,10H,1-2,4,7-8H2/b6-5-,13-11+. The van der Waals surface area contributed by atoms with Crippen LogP contribution in [0.3, 0.4) is 0 Å². The van der Waals surface area contributed by atoms with Crippen LogP contribution in [0.25, 0.3) is 0 Å². The SMILES string of the molecule is ClC1=N/CCC2CCCC=C2/C=C\1. The fraction of sp³-hybridized carbons (Fsp3) is 0.545. The normalized spacial score (nSPS) is 34.7. The van der Waals surface area contributed by atoms with Crippen LogP contribution < -0.4 is 0 Å². The molecule has 1 atom stereocenters. The van der Waals surface area contributed by atoms with Crippen molar-refractivity contribution in [3.8, 4) is 0 Å². The fourth-order valence-electron chi connectivity index (χ4n) is 2.03. The molecule has 0 radical (unpaired) electrons. The van der Waals surface area contributed by atoms with Crippen molar-refractivity contribution in [2.45, 2.75) is 25.7 Å². The van der Waals surface area contributed by atoms with Crippen LogP contribution in [0.15, 0.2) is 28.8 Å². The molecule has 0 saturated carbocycles. The summed E-state index contributed by atoms with van der Waals surface area (Å²) in [6.45, 7) is 0.880. The minimum Gasteiger partial charge on any atom is -0.273 e. The van der Waals surface area contributed by atoms with Gasteiger partial charge >= 0.3 is 0 Å². The lowest BCUT2D eigenvalue weighted by atomic mass is 9.85. The Morgan fingerprint density at radius 3 is 3.15 bits per heavy atom. The number of halogens is 1. The van der Waals surface area contributed by atoms with Gasteiger partial charge in [-0.2, -0.15) is 0 Å². The van der Waals surface area contributed by atoms with E-state index in [2.05, 4.69) is 17.1 Å². The van der Waals surface area contributed by atoms with Gasteiger partial charge in [0, 0.05) is 6.54 Å². The van der Waals surface area contributed by atoms with E-state index in [-0.39, 0.29) is 0 Å². The summed E-state index contributed by atoms with van der Waals surface area (Å²) in [5.41, 5.74) is 1.47. The molecule has 0 saturated heterocycles. The van der Waals surface area contributed by atoms with E-state index in [1.54, 1.807) is 0 Å². The van der Waals surface area contributed by atoms with Crippen molar-refractivity contribution in [3.63, 3.8) is 0 Å². The van der Waals surface area contributed by atoms with Crippen molar-refractivity contribution in [2.75, 3.05) is 6.54 Å². The number of rotatable bonds is 0. The molecule has 0 amide bonds. The van der Waals surface area contributed by atoms with Crippen molar-refractivity contribution in [3.05, 3.63) is 23.8 Å². The first-order valence-corrected chi connectivity index (χ1v) is 5.32. The zero-order valence-corrected chi connectivity index (χ0v) is 8.43. The highest BCUT2D eigenvalue weighted by molar-refractivity contribution is 6.68. The van der Waals surface area contributed by atoms with Crippen LogP contribution in [0.1, 0.15) is 25.7 Å². The number of nitrogens with zero attached hydrogens (tertiary/aromatic N) is 1. The Bertz CT molecular complexity index is 276. The van der Waals surface area contributed by atoms with Crippen molar-refractivity contribution in [1.82, 2.24) is 0 Å². The van der Waals surface area contributed by atoms with Gasteiger partial charge in [0.1, 0.15) is 5.17 Å². The third-order valence-electron chi connectivity index (χ3n) is 2.76. The van der Waals surface area contributed by atoms with E-state index in [0.29, 0.717) is 5.17 Å². The second-order valence-corrected chi connectivity index (χ2v) is 4.05. The Morgan fingerprint density at radius 1 is 1.31 bits per heavy atom. The molecular formula is C11H14ClN. The van der Waals surface area contributed by atoms with Gasteiger partial charge < -0.3 is 0 Å². The Kier molecular flexibility index (Phi) is 2.84. The lowest BCUT2D eigenvalue weighted by Gasteiger charge is -2.22. The molecule has 1 heterocycles. The Labute approximate surface area is 84.2 Å². The fourth-order valence-corrected chi connectivity index (χ4v) is 2.17. The monoisotopic (exact) mass is 195 g/mol. The molecule has 0 aromatic heterocycles. The summed E-state index contributed by atoms with van der Waals surface area (Å²) in [6.07, 6.45) is 11.4. The minimum absolute atomic E-state index is 0.643. The predicted molar refractivity (Wildman–Crippen MR) is 57.3 cm³/mol. The number of hydrogen-bond donors (Lipinski definition) is 0. The second-order valence-electron chi connectivity index (χ2n) is 3.66. The highest BCUT2D eigenvalue weighted by atomic mass is 35.5. The van der Waals surface area contributed by atoms with Gasteiger partial charge in [0.2, 0.25) is 0 Å². The molecule has 2 aliphatic rings. The summed E-state index contributed by atoms with van der Waals surface area (Å²) in [4.78, 5) is 4.24. The molecule has 1 nitrogen and oxygen atoms in total. The van der Waals surface area contributed by atoms with Crippen molar-refractivity contribution >= 4 is 16.8 Å². The molecule has 70 valence electrons. The summed E-state index contributed by atoms with van der Waals surface area (Å²) in [5.74, 6) is 0.735. The first kappa shape index (κ1) is 9.01. The van der Waals surface area contributed by atoms with Crippen LogP contribution in [0.5, 0.6) is 0 Å². The van der Waals surface area contributed by atoms with Crippen LogP contribution in [-0.4, -0.2) is 11.7 Å². The molecule has 0 bridgehead atoms. The van der Waals surface area contributed by atoms with Gasteiger partial charge in [-0.05, 0) is 43.3 Å². The number of allylic oxidation sites excluding steroid dienone is 4. The van der Waals surface area contributed by atoms with Crippen LogP contribution in [0.2, 0.25) is 0 Å². The molecule has 1 aliphatic carbocycles. The molecule has 0 N–H and O–H groups in total. The van der Waals surface area contributed by atoms with Crippen LogP contribution >= 0.6 is 11.6 Å². The molecule has 0 fully saturated rings. The maximum atomic E-state index is 5.86. The van der Waals surface area contributed by atoms with Crippen LogP contribution in [0, 0.1) is 5.92 Å². The summed E-state index contributed by atoms with van der Waals surface area (Å²) in [6, 6.07) is 0. The molecular weight excluding hydrogens is 182 g/mol. The van der Waals surface area contributed by atoms with Gasteiger partial charge in [0.15, 0.2) is 0 Å². The van der Waals surface area contributed by atoms with Crippen LogP contribution in [-0.2, 0) is 0 Å². The van der Waals surface area contributed by atoms with Gasteiger partial charge in [-0.3, -0.25) is 4.99 Å². The van der Waals surface area contributed by atoms with E-state index in [4.69, 9.17) is 11.6 Å². The average Bonchev–Trinajstić information content (AvgIpc) is 2.13. The molecule has 1 unspecified atom stereocenters. The maximum Gasteiger partial charge on any atom is 0.123 e. The zero-order valence-electron chi connectivity index (χ0n) is 7.67. The quantitative estimate of drug-likeness (QED) is 0.563. The van der Waals surface area contributed by atoms with Crippen LogP contribution in [0.4, 0.5) is 0 Å². The Morgan fingerprint density at radius 2 is 2.23 bits per heavy atom. The van der Waals surface area contributed by atoms with Crippen molar-refractivity contribution < 1.29 is 0 Å². The third kappa shape index (κ3) is 2.22. The molecule has 0 aromatic rings. The Hall–Kier alpha value is -0.560.